The number of ketones is 1. The van der Waals surface area contributed by atoms with Crippen LogP contribution in [0.2, 0.25) is 0 Å². The molecule has 3 nitrogen and oxygen atoms in total. The molecule has 24 heavy (non-hydrogen) atoms. The Morgan fingerprint density at radius 2 is 1.62 bits per heavy atom. The summed E-state index contributed by atoms with van der Waals surface area (Å²) < 4.78 is 0. The van der Waals surface area contributed by atoms with Gasteiger partial charge in [-0.15, -0.1) is 11.7 Å². The molecule has 0 aliphatic carbocycles. The second-order valence-corrected chi connectivity index (χ2v) is 9.08. The van der Waals surface area contributed by atoms with Crippen molar-refractivity contribution < 1.29 is 42.3 Å². The van der Waals surface area contributed by atoms with E-state index in [1.807, 2.05) is 27.7 Å². The molecule has 0 bridgehead atoms. The fraction of sp³-hybridized carbons (Fsp3) is 0.789. The predicted molar refractivity (Wildman–Crippen MR) is 103 cm³/mol. The minimum atomic E-state index is -0.252. The van der Waals surface area contributed by atoms with E-state index >= 15 is 0 Å². The van der Waals surface area contributed by atoms with Crippen molar-refractivity contribution >= 4 is 23.5 Å². The second kappa shape index (κ2) is 14.7. The first kappa shape index (κ1) is 29.4. The van der Waals surface area contributed by atoms with Crippen molar-refractivity contribution in [2.24, 2.45) is 16.7 Å². The summed E-state index contributed by atoms with van der Waals surface area (Å²) in [4.78, 5) is 22.6. The number of Topliss-reactive ketones (excluding diaryl/α,β-unsaturated/α-hetero) is 1. The van der Waals surface area contributed by atoms with Gasteiger partial charge in [-0.05, 0) is 11.8 Å². The Hall–Kier alpha value is 0.594. The molecule has 0 aliphatic rings. The third kappa shape index (κ3) is 18.9. The molecule has 0 aromatic rings. The number of hydrogen-bond acceptors (Lipinski definition) is 3. The summed E-state index contributed by atoms with van der Waals surface area (Å²) in [5.74, 6) is 1.63. The van der Waals surface area contributed by atoms with E-state index < -0.39 is 0 Å². The van der Waals surface area contributed by atoms with Crippen molar-refractivity contribution in [3.05, 3.63) is 13.8 Å². The van der Waals surface area contributed by atoms with Gasteiger partial charge in [-0.3, -0.25) is 4.79 Å². The van der Waals surface area contributed by atoms with Gasteiger partial charge in [0, 0.05) is 44.7 Å². The van der Waals surface area contributed by atoms with Gasteiger partial charge < -0.3 is 24.0 Å². The van der Waals surface area contributed by atoms with E-state index in [0.717, 1.165) is 25.1 Å². The van der Waals surface area contributed by atoms with Crippen molar-refractivity contribution in [1.82, 2.24) is 5.32 Å². The van der Waals surface area contributed by atoms with Gasteiger partial charge in [-0.1, -0.05) is 54.9 Å². The molecule has 0 aliphatic heterocycles. The molecular formula is C19H37NO2SY-2. The van der Waals surface area contributed by atoms with Gasteiger partial charge in [0.1, 0.15) is 5.78 Å². The number of thioether (sulfide) groups is 1. The van der Waals surface area contributed by atoms with Gasteiger partial charge in [0.05, 0.1) is 5.75 Å². The third-order valence-corrected chi connectivity index (χ3v) is 3.67. The molecule has 0 heterocycles. The summed E-state index contributed by atoms with van der Waals surface area (Å²) in [5.41, 5.74) is -0.0645. The summed E-state index contributed by atoms with van der Waals surface area (Å²) in [6.45, 7) is 22.7. The SMILES string of the molecule is [CH2-]C(CC(C)(C)C)C(=O)C(C)(C)C.[CH2-]CSCC(=O)NCCC.[Y]. The third-order valence-electron chi connectivity index (χ3n) is 2.92. The maximum absolute atomic E-state index is 11.8. The average molecular weight is 432 g/mol. The molecule has 0 saturated carbocycles. The van der Waals surface area contributed by atoms with Crippen LogP contribution in [0.15, 0.2) is 0 Å². The van der Waals surface area contributed by atoms with Gasteiger partial charge in [0.25, 0.3) is 0 Å². The van der Waals surface area contributed by atoms with Crippen molar-refractivity contribution in [2.75, 3.05) is 18.1 Å². The van der Waals surface area contributed by atoms with E-state index in [0.29, 0.717) is 5.75 Å². The number of amides is 1. The molecule has 0 saturated heterocycles. The molecule has 1 amide bonds. The largest absolute Gasteiger partial charge is 0.355 e. The van der Waals surface area contributed by atoms with Crippen LogP contribution in [0.4, 0.5) is 0 Å². The van der Waals surface area contributed by atoms with Crippen LogP contribution in [-0.2, 0) is 42.3 Å². The van der Waals surface area contributed by atoms with Crippen molar-refractivity contribution in [1.29, 1.82) is 0 Å². The molecule has 1 N–H and O–H groups in total. The fourth-order valence-electron chi connectivity index (χ4n) is 1.92. The average Bonchev–Trinajstić information content (AvgIpc) is 2.39. The van der Waals surface area contributed by atoms with Crippen LogP contribution in [0.3, 0.4) is 0 Å². The van der Waals surface area contributed by atoms with E-state index in [2.05, 4.69) is 39.9 Å². The smallest absolute Gasteiger partial charge is 0.229 e. The van der Waals surface area contributed by atoms with Gasteiger partial charge in [-0.25, -0.2) is 0 Å². The second-order valence-electron chi connectivity index (χ2n) is 7.98. The number of carbonyl (C=O) groups is 2. The van der Waals surface area contributed by atoms with Gasteiger partial charge in [0.15, 0.2) is 0 Å². The van der Waals surface area contributed by atoms with E-state index in [4.69, 9.17) is 0 Å². The molecule has 1 radical (unpaired) electrons. The first-order valence-electron chi connectivity index (χ1n) is 8.36. The monoisotopic (exact) mass is 432 g/mol. The fourth-order valence-corrected chi connectivity index (χ4v) is 2.36. The molecule has 5 heteroatoms. The normalized spacial score (nSPS) is 12.4. The Balaban J connectivity index is -0.000000364. The van der Waals surface area contributed by atoms with Crippen LogP contribution in [0.1, 0.15) is 61.3 Å². The Bertz CT molecular complexity index is 336. The van der Waals surface area contributed by atoms with Crippen LogP contribution in [-0.4, -0.2) is 29.7 Å². The van der Waals surface area contributed by atoms with Crippen LogP contribution in [0.25, 0.3) is 0 Å². The molecular weight excluding hydrogens is 395 g/mol. The zero-order valence-corrected chi connectivity index (χ0v) is 20.5. The van der Waals surface area contributed by atoms with Crippen LogP contribution < -0.4 is 5.32 Å². The zero-order valence-electron chi connectivity index (χ0n) is 16.8. The predicted octanol–water partition coefficient (Wildman–Crippen LogP) is 4.57. The Labute approximate surface area is 180 Å². The number of hydrogen-bond donors (Lipinski definition) is 1. The first-order valence-corrected chi connectivity index (χ1v) is 9.51. The maximum atomic E-state index is 11.8. The molecule has 0 spiro atoms. The molecule has 1 atom stereocenters. The number of nitrogens with one attached hydrogen (secondary N) is 1. The van der Waals surface area contributed by atoms with Crippen molar-refractivity contribution in [2.45, 2.75) is 61.3 Å². The van der Waals surface area contributed by atoms with Gasteiger partial charge >= 0.3 is 0 Å². The minimum Gasteiger partial charge on any atom is -0.355 e. The van der Waals surface area contributed by atoms with Gasteiger partial charge in [-0.2, -0.15) is 11.8 Å². The van der Waals surface area contributed by atoms with Crippen LogP contribution >= 0.6 is 11.8 Å². The van der Waals surface area contributed by atoms with Crippen molar-refractivity contribution in [3.8, 4) is 0 Å². The quantitative estimate of drug-likeness (QED) is 0.600. The molecule has 0 rings (SSSR count). The van der Waals surface area contributed by atoms with E-state index in [1.165, 1.54) is 0 Å². The van der Waals surface area contributed by atoms with Crippen molar-refractivity contribution in [3.63, 3.8) is 0 Å². The zero-order chi connectivity index (χ0) is 18.7. The Morgan fingerprint density at radius 3 is 1.96 bits per heavy atom. The molecule has 0 fully saturated rings. The molecule has 0 aromatic heterocycles. The summed E-state index contributed by atoms with van der Waals surface area (Å²) in [6, 6.07) is 0. The molecule has 1 unspecified atom stereocenters. The summed E-state index contributed by atoms with van der Waals surface area (Å²) in [6.07, 6.45) is 1.86. The van der Waals surface area contributed by atoms with Crippen LogP contribution in [0.5, 0.6) is 0 Å². The molecule has 0 aromatic carbocycles. The van der Waals surface area contributed by atoms with E-state index in [1.54, 1.807) is 11.8 Å². The summed E-state index contributed by atoms with van der Waals surface area (Å²) in [7, 11) is 0. The topological polar surface area (TPSA) is 46.2 Å². The summed E-state index contributed by atoms with van der Waals surface area (Å²) >= 11 is 1.54. The number of carbonyl (C=O) groups excluding carboxylic acids is 2. The Kier molecular flexibility index (Phi) is 18.0. The summed E-state index contributed by atoms with van der Waals surface area (Å²) in [5, 5.41) is 2.78. The molecule has 141 valence electrons. The standard InChI is InChI=1S/C12H23O.C7H14NOS.Y/c1-9(8-11(2,3)4)10(13)12(5,6)7;1-3-5-8-7(9)6-10-4-2;/h9H,1,8H2,2-7H3;2-6H2,1H3,(H,8,9);/q2*-1;. The minimum absolute atomic E-state index is 0. The van der Waals surface area contributed by atoms with E-state index in [9.17, 15) is 9.59 Å². The number of rotatable bonds is 7. The van der Waals surface area contributed by atoms with Gasteiger partial charge in [0.2, 0.25) is 5.91 Å². The Morgan fingerprint density at radius 1 is 1.12 bits per heavy atom. The van der Waals surface area contributed by atoms with E-state index in [-0.39, 0.29) is 61.1 Å². The maximum Gasteiger partial charge on any atom is 0.229 e. The first-order chi connectivity index (χ1) is 10.3. The van der Waals surface area contributed by atoms with Crippen LogP contribution in [0, 0.1) is 30.6 Å².